The minimum Gasteiger partial charge on any atom is -0.503 e. The van der Waals surface area contributed by atoms with Gasteiger partial charge in [-0.3, -0.25) is 19.5 Å². The number of pyridine rings is 1. The van der Waals surface area contributed by atoms with Crippen molar-refractivity contribution in [3.63, 3.8) is 0 Å². The Labute approximate surface area is 176 Å². The number of thiazole rings is 1. The summed E-state index contributed by atoms with van der Waals surface area (Å²) < 4.78 is 0. The Morgan fingerprint density at radius 2 is 1.93 bits per heavy atom. The summed E-state index contributed by atoms with van der Waals surface area (Å²) in [5.41, 5.74) is 1.71. The summed E-state index contributed by atoms with van der Waals surface area (Å²) in [6, 6.07) is 9.32. The van der Waals surface area contributed by atoms with Gasteiger partial charge >= 0.3 is 0 Å². The molecule has 0 saturated carbocycles. The number of Topliss-reactive ketones (excluding diaryl/α,β-unsaturated/α-hetero) is 1. The molecule has 6 nitrogen and oxygen atoms in total. The molecule has 3 heterocycles. The minimum absolute atomic E-state index is 0.0182. The molecule has 1 aliphatic rings. The van der Waals surface area contributed by atoms with Crippen LogP contribution in [0.3, 0.4) is 0 Å². The number of aromatic nitrogens is 2. The zero-order chi connectivity index (χ0) is 20.7. The third kappa shape index (κ3) is 3.32. The highest BCUT2D eigenvalue weighted by atomic mass is 35.5. The maximum Gasteiger partial charge on any atom is 0.294 e. The van der Waals surface area contributed by atoms with Crippen LogP contribution in [0.5, 0.6) is 0 Å². The maximum atomic E-state index is 13.4. The molecule has 1 N–H and O–H groups in total. The van der Waals surface area contributed by atoms with E-state index in [2.05, 4.69) is 9.97 Å². The van der Waals surface area contributed by atoms with Gasteiger partial charge in [-0.2, -0.15) is 0 Å². The first-order valence-corrected chi connectivity index (χ1v) is 9.99. The number of anilines is 1. The van der Waals surface area contributed by atoms with Crippen molar-refractivity contribution < 1.29 is 14.7 Å². The molecule has 1 atom stereocenters. The van der Waals surface area contributed by atoms with Gasteiger partial charge in [0.15, 0.2) is 5.76 Å². The summed E-state index contributed by atoms with van der Waals surface area (Å²) in [5, 5.41) is 12.0. The molecule has 0 saturated heterocycles. The fourth-order valence-corrected chi connectivity index (χ4v) is 4.42. The van der Waals surface area contributed by atoms with Gasteiger partial charge in [-0.05, 0) is 49.7 Å². The Bertz CT molecular complexity index is 1140. The Balaban J connectivity index is 1.88. The van der Waals surface area contributed by atoms with E-state index in [1.165, 1.54) is 16.2 Å². The third-order valence-electron chi connectivity index (χ3n) is 4.67. The Kier molecular flexibility index (Phi) is 4.94. The highest BCUT2D eigenvalue weighted by molar-refractivity contribution is 7.14. The number of aliphatic hydroxyl groups excluding tert-OH is 1. The standard InChI is InChI=1S/C21H16ClN3O3S/c1-11-20(29-12(2)24-11)18(26)16-17(13-4-3-9-23-10-13)25(21(28)19(16)27)15-7-5-14(22)6-8-15/h3-10,17,27H,1-2H3. The number of carbonyl (C=O) groups excluding carboxylic acids is 2. The number of carbonyl (C=O) groups is 2. The number of hydrogen-bond donors (Lipinski definition) is 1. The number of rotatable bonds is 4. The van der Waals surface area contributed by atoms with Gasteiger partial charge < -0.3 is 5.11 Å². The van der Waals surface area contributed by atoms with Crippen LogP contribution in [-0.2, 0) is 4.79 Å². The molecule has 0 fully saturated rings. The van der Waals surface area contributed by atoms with E-state index in [0.29, 0.717) is 26.8 Å². The molecule has 4 rings (SSSR count). The highest BCUT2D eigenvalue weighted by Gasteiger charge is 2.45. The van der Waals surface area contributed by atoms with Crippen LogP contribution < -0.4 is 4.90 Å². The van der Waals surface area contributed by atoms with Crippen molar-refractivity contribution in [2.24, 2.45) is 0 Å². The van der Waals surface area contributed by atoms with Crippen LogP contribution in [0.25, 0.3) is 0 Å². The lowest BCUT2D eigenvalue weighted by Crippen LogP contribution is -2.31. The molecule has 1 aliphatic heterocycles. The quantitative estimate of drug-likeness (QED) is 0.618. The van der Waals surface area contributed by atoms with Crippen molar-refractivity contribution in [3.05, 3.63) is 86.3 Å². The van der Waals surface area contributed by atoms with Crippen molar-refractivity contribution in [2.45, 2.75) is 19.9 Å². The second kappa shape index (κ2) is 7.42. The van der Waals surface area contributed by atoms with E-state index >= 15 is 0 Å². The van der Waals surface area contributed by atoms with Crippen molar-refractivity contribution >= 4 is 40.3 Å². The molecule has 0 radical (unpaired) electrons. The lowest BCUT2D eigenvalue weighted by molar-refractivity contribution is -0.117. The van der Waals surface area contributed by atoms with Gasteiger partial charge in [-0.15, -0.1) is 11.3 Å². The number of amides is 1. The Morgan fingerprint density at radius 3 is 2.52 bits per heavy atom. The summed E-state index contributed by atoms with van der Waals surface area (Å²) in [4.78, 5) is 36.6. The molecule has 2 aromatic heterocycles. The molecule has 29 heavy (non-hydrogen) atoms. The first-order valence-electron chi connectivity index (χ1n) is 8.79. The topological polar surface area (TPSA) is 83.4 Å². The fraction of sp³-hybridized carbons (Fsp3) is 0.143. The van der Waals surface area contributed by atoms with Gasteiger partial charge in [0.05, 0.1) is 27.2 Å². The monoisotopic (exact) mass is 425 g/mol. The van der Waals surface area contributed by atoms with E-state index in [4.69, 9.17) is 11.6 Å². The van der Waals surface area contributed by atoms with Gasteiger partial charge in [-0.1, -0.05) is 17.7 Å². The van der Waals surface area contributed by atoms with Crippen LogP contribution in [0, 0.1) is 13.8 Å². The molecule has 0 bridgehead atoms. The van der Waals surface area contributed by atoms with Gasteiger partial charge in [0.2, 0.25) is 5.78 Å². The summed E-state index contributed by atoms with van der Waals surface area (Å²) in [6.07, 6.45) is 3.19. The van der Waals surface area contributed by atoms with Crippen LogP contribution in [0.4, 0.5) is 5.69 Å². The molecule has 1 unspecified atom stereocenters. The number of halogens is 1. The van der Waals surface area contributed by atoms with Gasteiger partial charge in [0.25, 0.3) is 5.91 Å². The first-order chi connectivity index (χ1) is 13.9. The number of benzene rings is 1. The van der Waals surface area contributed by atoms with E-state index in [1.54, 1.807) is 62.6 Å². The molecular weight excluding hydrogens is 410 g/mol. The molecule has 3 aromatic rings. The summed E-state index contributed by atoms with van der Waals surface area (Å²) in [6.45, 7) is 3.54. The van der Waals surface area contributed by atoms with E-state index in [1.807, 2.05) is 0 Å². The number of hydrogen-bond acceptors (Lipinski definition) is 6. The number of aliphatic hydroxyl groups is 1. The summed E-state index contributed by atoms with van der Waals surface area (Å²) in [5.74, 6) is -1.63. The van der Waals surface area contributed by atoms with Crippen LogP contribution in [-0.4, -0.2) is 26.8 Å². The van der Waals surface area contributed by atoms with Crippen LogP contribution >= 0.6 is 22.9 Å². The van der Waals surface area contributed by atoms with Gasteiger partial charge in [-0.25, -0.2) is 4.98 Å². The lowest BCUT2D eigenvalue weighted by atomic mass is 9.96. The van der Waals surface area contributed by atoms with E-state index in [0.717, 1.165) is 5.01 Å². The number of ketones is 1. The van der Waals surface area contributed by atoms with Crippen LogP contribution in [0.15, 0.2) is 60.1 Å². The van der Waals surface area contributed by atoms with E-state index < -0.39 is 23.5 Å². The number of aryl methyl sites for hydroxylation is 2. The second-order valence-corrected chi connectivity index (χ2v) is 8.22. The predicted molar refractivity (Wildman–Crippen MR) is 111 cm³/mol. The molecule has 0 aliphatic carbocycles. The summed E-state index contributed by atoms with van der Waals surface area (Å²) in [7, 11) is 0. The normalized spacial score (nSPS) is 16.6. The highest BCUT2D eigenvalue weighted by Crippen LogP contribution is 2.42. The van der Waals surface area contributed by atoms with E-state index in [-0.39, 0.29) is 5.57 Å². The molecule has 0 spiro atoms. The zero-order valence-electron chi connectivity index (χ0n) is 15.6. The average molecular weight is 426 g/mol. The van der Waals surface area contributed by atoms with Gasteiger partial charge in [0, 0.05) is 23.1 Å². The SMILES string of the molecule is Cc1nc(C)c(C(=O)C2=C(O)C(=O)N(c3ccc(Cl)cc3)C2c2cccnc2)s1. The minimum atomic E-state index is -0.813. The van der Waals surface area contributed by atoms with Crippen molar-refractivity contribution in [2.75, 3.05) is 4.90 Å². The van der Waals surface area contributed by atoms with E-state index in [9.17, 15) is 14.7 Å². The Hall–Kier alpha value is -3.03. The summed E-state index contributed by atoms with van der Waals surface area (Å²) >= 11 is 7.22. The van der Waals surface area contributed by atoms with Crippen molar-refractivity contribution in [1.29, 1.82) is 0 Å². The van der Waals surface area contributed by atoms with Gasteiger partial charge in [0.1, 0.15) is 0 Å². The molecule has 1 aromatic carbocycles. The smallest absolute Gasteiger partial charge is 0.294 e. The first kappa shape index (κ1) is 19.3. The van der Waals surface area contributed by atoms with Crippen LogP contribution in [0.2, 0.25) is 5.02 Å². The number of nitrogens with zero attached hydrogens (tertiary/aromatic N) is 3. The lowest BCUT2D eigenvalue weighted by Gasteiger charge is -2.26. The fourth-order valence-electron chi connectivity index (χ4n) is 3.42. The van der Waals surface area contributed by atoms with Crippen molar-refractivity contribution in [1.82, 2.24) is 9.97 Å². The maximum absolute atomic E-state index is 13.4. The Morgan fingerprint density at radius 1 is 1.21 bits per heavy atom. The van der Waals surface area contributed by atoms with Crippen LogP contribution in [0.1, 0.15) is 32.0 Å². The zero-order valence-corrected chi connectivity index (χ0v) is 17.2. The average Bonchev–Trinajstić information content (AvgIpc) is 3.19. The molecular formula is C21H16ClN3O3S. The molecule has 1 amide bonds. The molecule has 146 valence electrons. The predicted octanol–water partition coefficient (Wildman–Crippen LogP) is 4.59. The second-order valence-electron chi connectivity index (χ2n) is 6.58. The largest absolute Gasteiger partial charge is 0.503 e. The van der Waals surface area contributed by atoms with Crippen molar-refractivity contribution in [3.8, 4) is 0 Å². The third-order valence-corrected chi connectivity index (χ3v) is 5.99. The molecule has 8 heteroatoms.